The topological polar surface area (TPSA) is 66.1 Å². The van der Waals surface area contributed by atoms with Crippen molar-refractivity contribution in [3.63, 3.8) is 0 Å². The van der Waals surface area contributed by atoms with E-state index in [9.17, 15) is 0 Å². The molecule has 2 aromatic rings. The van der Waals surface area contributed by atoms with Crippen LogP contribution in [0, 0.1) is 23.2 Å². The average molecular weight is 402 g/mol. The maximum atomic E-state index is 6.22. The van der Waals surface area contributed by atoms with Gasteiger partial charge in [-0.1, -0.05) is 32.6 Å². The van der Waals surface area contributed by atoms with Crippen LogP contribution < -0.4 is 15.2 Å². The lowest BCUT2D eigenvalue weighted by molar-refractivity contribution is 0.197. The molecule has 1 aliphatic carbocycles. The van der Waals surface area contributed by atoms with E-state index in [-0.39, 0.29) is 11.4 Å². The maximum Gasteiger partial charge on any atom is 0.283 e. The number of nitrogens with two attached hydrogens (primary N) is 1. The van der Waals surface area contributed by atoms with E-state index in [4.69, 9.17) is 24.9 Å². The highest BCUT2D eigenvalue weighted by molar-refractivity contribution is 5.77. The Balaban J connectivity index is 1.58. The van der Waals surface area contributed by atoms with Crippen molar-refractivity contribution in [1.29, 1.82) is 0 Å². The number of hydrogen-bond donors (Lipinski definition) is 1. The van der Waals surface area contributed by atoms with Crippen molar-refractivity contribution < 1.29 is 14.2 Å². The molecule has 2 heterocycles. The molecular formula is C25H26N2O3. The molecule has 0 aromatic heterocycles. The van der Waals surface area contributed by atoms with E-state index in [2.05, 4.69) is 38.7 Å². The Morgan fingerprint density at radius 1 is 1.13 bits per heavy atom. The van der Waals surface area contributed by atoms with E-state index in [0.717, 1.165) is 33.9 Å². The molecule has 30 heavy (non-hydrogen) atoms. The van der Waals surface area contributed by atoms with Crippen molar-refractivity contribution in [2.45, 2.75) is 39.2 Å². The van der Waals surface area contributed by atoms with Crippen molar-refractivity contribution in [1.82, 2.24) is 0 Å². The second-order valence-corrected chi connectivity index (χ2v) is 9.46. The van der Waals surface area contributed by atoms with Gasteiger partial charge in [-0.3, -0.25) is 0 Å². The van der Waals surface area contributed by atoms with Crippen LogP contribution in [0.2, 0.25) is 0 Å². The summed E-state index contributed by atoms with van der Waals surface area (Å²) in [4.78, 5) is 4.75. The van der Waals surface area contributed by atoms with E-state index < -0.39 is 5.54 Å². The zero-order valence-electron chi connectivity index (χ0n) is 17.6. The summed E-state index contributed by atoms with van der Waals surface area (Å²) in [6.07, 6.45) is 2.40. The van der Waals surface area contributed by atoms with Gasteiger partial charge in [0, 0.05) is 22.6 Å². The van der Waals surface area contributed by atoms with Crippen LogP contribution in [0.4, 0.5) is 0 Å². The van der Waals surface area contributed by atoms with Crippen LogP contribution >= 0.6 is 0 Å². The standard InChI is InChI=1S/C25H26N2O3/c1-24(2,3)14-28-18-9-11-22-20(13-18)25(15-29-23(26)27-25)19-12-17(7-6-16-4-5-16)8-10-21(19)30-22/h8-13,16H,4-5,14-15H2,1-3H3,(H2,26,27)/t25-/m0/s1. The molecule has 2 aliphatic heterocycles. The molecule has 0 amide bonds. The number of aliphatic imine (C=N–C) groups is 1. The lowest BCUT2D eigenvalue weighted by Gasteiger charge is -2.33. The highest BCUT2D eigenvalue weighted by atomic mass is 16.5. The number of nitrogens with zero attached hydrogens (tertiary/aromatic N) is 1. The molecule has 154 valence electrons. The summed E-state index contributed by atoms with van der Waals surface area (Å²) < 4.78 is 17.9. The van der Waals surface area contributed by atoms with Gasteiger partial charge < -0.3 is 19.9 Å². The Morgan fingerprint density at radius 2 is 1.87 bits per heavy atom. The molecule has 5 heteroatoms. The monoisotopic (exact) mass is 402 g/mol. The van der Waals surface area contributed by atoms with Gasteiger partial charge in [-0.15, -0.1) is 0 Å². The fraction of sp³-hybridized carbons (Fsp3) is 0.400. The predicted molar refractivity (Wildman–Crippen MR) is 116 cm³/mol. The summed E-state index contributed by atoms with van der Waals surface area (Å²) >= 11 is 0. The molecule has 1 spiro atoms. The molecule has 3 aliphatic rings. The molecular weight excluding hydrogens is 376 g/mol. The van der Waals surface area contributed by atoms with Crippen LogP contribution in [0.5, 0.6) is 17.2 Å². The van der Waals surface area contributed by atoms with Gasteiger partial charge in [-0.05, 0) is 54.7 Å². The zero-order valence-corrected chi connectivity index (χ0v) is 17.6. The Hall–Kier alpha value is -3.13. The van der Waals surface area contributed by atoms with Gasteiger partial charge in [0.2, 0.25) is 0 Å². The number of hydrogen-bond acceptors (Lipinski definition) is 5. The van der Waals surface area contributed by atoms with E-state index in [1.165, 1.54) is 12.8 Å². The Kier molecular flexibility index (Phi) is 4.21. The van der Waals surface area contributed by atoms with Gasteiger partial charge in [-0.25, -0.2) is 4.99 Å². The fourth-order valence-corrected chi connectivity index (χ4v) is 3.71. The summed E-state index contributed by atoms with van der Waals surface area (Å²) in [6.45, 7) is 7.37. The molecule has 0 bridgehead atoms. The van der Waals surface area contributed by atoms with Gasteiger partial charge in [-0.2, -0.15) is 0 Å². The summed E-state index contributed by atoms with van der Waals surface area (Å²) in [5.74, 6) is 9.43. The number of rotatable bonds is 2. The number of ether oxygens (including phenoxy) is 3. The molecule has 0 saturated heterocycles. The molecule has 0 radical (unpaired) electrons. The summed E-state index contributed by atoms with van der Waals surface area (Å²) in [6, 6.07) is 12.1. The zero-order chi connectivity index (χ0) is 20.9. The van der Waals surface area contributed by atoms with Crippen molar-refractivity contribution in [2.24, 2.45) is 22.1 Å². The highest BCUT2D eigenvalue weighted by Gasteiger charge is 2.47. The van der Waals surface area contributed by atoms with Crippen LogP contribution in [0.3, 0.4) is 0 Å². The van der Waals surface area contributed by atoms with Crippen LogP contribution in [0.1, 0.15) is 50.3 Å². The predicted octanol–water partition coefficient (Wildman–Crippen LogP) is 4.57. The Labute approximate surface area is 177 Å². The molecule has 2 N–H and O–H groups in total. The molecule has 5 rings (SSSR count). The van der Waals surface area contributed by atoms with Crippen molar-refractivity contribution in [3.05, 3.63) is 53.1 Å². The minimum atomic E-state index is -0.759. The van der Waals surface area contributed by atoms with Crippen LogP contribution in [-0.2, 0) is 10.3 Å². The lowest BCUT2D eigenvalue weighted by atomic mass is 9.80. The Morgan fingerprint density at radius 3 is 2.53 bits per heavy atom. The largest absolute Gasteiger partial charge is 0.493 e. The van der Waals surface area contributed by atoms with Gasteiger partial charge in [0.25, 0.3) is 6.02 Å². The van der Waals surface area contributed by atoms with Gasteiger partial charge >= 0.3 is 0 Å². The fourth-order valence-electron chi connectivity index (χ4n) is 3.71. The van der Waals surface area contributed by atoms with E-state index >= 15 is 0 Å². The lowest BCUT2D eigenvalue weighted by Crippen LogP contribution is -2.31. The third kappa shape index (κ3) is 3.47. The summed E-state index contributed by atoms with van der Waals surface area (Å²) in [5.41, 5.74) is 8.05. The second-order valence-electron chi connectivity index (χ2n) is 9.46. The molecule has 1 fully saturated rings. The van der Waals surface area contributed by atoms with Crippen molar-refractivity contribution in [2.75, 3.05) is 13.2 Å². The third-order valence-electron chi connectivity index (χ3n) is 5.44. The molecule has 1 atom stereocenters. The number of fused-ring (bicyclic) bond motifs is 4. The highest BCUT2D eigenvalue weighted by Crippen LogP contribution is 2.51. The van der Waals surface area contributed by atoms with E-state index in [0.29, 0.717) is 19.1 Å². The van der Waals surface area contributed by atoms with E-state index in [1.807, 2.05) is 30.3 Å². The van der Waals surface area contributed by atoms with Crippen LogP contribution in [0.25, 0.3) is 0 Å². The quantitative estimate of drug-likeness (QED) is 0.748. The molecule has 2 aromatic carbocycles. The SMILES string of the molecule is CC(C)(C)COc1ccc2c(c1)[C@]1(COC(N)=N1)c1cc(C#CC3CC3)ccc1O2. The normalized spacial score (nSPS) is 21.5. The maximum absolute atomic E-state index is 6.22. The van der Waals surface area contributed by atoms with Gasteiger partial charge in [0.05, 0.1) is 6.61 Å². The molecule has 1 saturated carbocycles. The number of amidine groups is 1. The third-order valence-corrected chi connectivity index (χ3v) is 5.44. The van der Waals surface area contributed by atoms with E-state index in [1.54, 1.807) is 0 Å². The number of benzene rings is 2. The summed E-state index contributed by atoms with van der Waals surface area (Å²) in [7, 11) is 0. The first-order valence-electron chi connectivity index (χ1n) is 10.4. The van der Waals surface area contributed by atoms with Crippen LogP contribution in [0.15, 0.2) is 41.4 Å². The first kappa shape index (κ1) is 18.9. The minimum absolute atomic E-state index is 0.0604. The first-order chi connectivity index (χ1) is 14.3. The average Bonchev–Trinajstić information content (AvgIpc) is 3.46. The van der Waals surface area contributed by atoms with Crippen molar-refractivity contribution in [3.8, 4) is 29.1 Å². The smallest absolute Gasteiger partial charge is 0.283 e. The van der Waals surface area contributed by atoms with Gasteiger partial charge in [0.15, 0.2) is 5.54 Å². The molecule has 0 unspecified atom stereocenters. The summed E-state index contributed by atoms with van der Waals surface area (Å²) in [5, 5.41) is 0. The van der Waals surface area contributed by atoms with Crippen molar-refractivity contribution >= 4 is 6.02 Å². The minimum Gasteiger partial charge on any atom is -0.493 e. The first-order valence-corrected chi connectivity index (χ1v) is 10.4. The Bertz CT molecular complexity index is 1100. The van der Waals surface area contributed by atoms with Gasteiger partial charge in [0.1, 0.15) is 23.9 Å². The van der Waals surface area contributed by atoms with Crippen LogP contribution in [-0.4, -0.2) is 19.2 Å². The second kappa shape index (κ2) is 6.70. The molecule has 5 nitrogen and oxygen atoms in total.